The van der Waals surface area contributed by atoms with Crippen molar-refractivity contribution in [1.82, 2.24) is 5.32 Å². The molecule has 0 bridgehead atoms. The Morgan fingerprint density at radius 2 is 1.75 bits per heavy atom. The topological polar surface area (TPSA) is 114 Å². The van der Waals surface area contributed by atoms with Crippen molar-refractivity contribution in [3.8, 4) is 0 Å². The van der Waals surface area contributed by atoms with Crippen LogP contribution in [0.25, 0.3) is 0 Å². The normalized spacial score (nSPS) is 41.0. The van der Waals surface area contributed by atoms with Crippen LogP contribution in [-0.2, 0) is 14.3 Å². The second-order valence-electron chi connectivity index (χ2n) is 9.93. The molecule has 0 unspecified atom stereocenters. The maximum Gasteiger partial charge on any atom is 0.223 e. The number of nitrogens with one attached hydrogen (secondary N) is 1. The van der Waals surface area contributed by atoms with Crippen LogP contribution in [-0.4, -0.2) is 59.4 Å². The summed E-state index contributed by atoms with van der Waals surface area (Å²) in [4.78, 5) is 12.6. The molecule has 0 aromatic carbocycles. The Bertz CT molecular complexity index is 548. The minimum Gasteiger partial charge on any atom is -0.389 e. The van der Waals surface area contributed by atoms with Crippen molar-refractivity contribution in [2.24, 2.45) is 23.5 Å². The van der Waals surface area contributed by atoms with Crippen LogP contribution in [0, 0.1) is 17.8 Å². The number of aliphatic hydroxyl groups is 2. The highest BCUT2D eigenvalue weighted by Gasteiger charge is 2.42. The zero-order valence-corrected chi connectivity index (χ0v) is 20.7. The van der Waals surface area contributed by atoms with Gasteiger partial charge in [-0.25, -0.2) is 0 Å². The molecule has 0 saturated carbocycles. The first-order valence-electron chi connectivity index (χ1n) is 13.0. The van der Waals surface area contributed by atoms with E-state index in [2.05, 4.69) is 26.1 Å². The van der Waals surface area contributed by atoms with E-state index < -0.39 is 30.6 Å². The number of ether oxygens (including phenoxy) is 2. The fourth-order valence-electron chi connectivity index (χ4n) is 5.27. The van der Waals surface area contributed by atoms with Crippen molar-refractivity contribution in [2.45, 2.75) is 129 Å². The minimum atomic E-state index is -1.06. The predicted molar refractivity (Wildman–Crippen MR) is 126 cm³/mol. The van der Waals surface area contributed by atoms with Gasteiger partial charge in [-0.05, 0) is 57.3 Å². The Balaban J connectivity index is 2.11. The lowest BCUT2D eigenvalue weighted by Crippen LogP contribution is -2.61. The highest BCUT2D eigenvalue weighted by Crippen LogP contribution is 2.31. The second kappa shape index (κ2) is 13.9. The summed E-state index contributed by atoms with van der Waals surface area (Å²) < 4.78 is 12.2. The van der Waals surface area contributed by atoms with E-state index >= 15 is 0 Å². The molecule has 2 rings (SSSR count). The van der Waals surface area contributed by atoms with Gasteiger partial charge in [-0.15, -0.1) is 0 Å². The SMILES string of the molecule is CC[C@@H]1CCC[C@H](CC)C(=O)NCCC[C@@H](CC)[C@H](O[C@@H]2O[C@@H](C)[C@H](O)[C@@H](N)[C@H]2O)CC1. The first-order chi connectivity index (χ1) is 15.3. The fraction of sp³-hybridized carbons (Fsp3) is 0.960. The Morgan fingerprint density at radius 1 is 1.00 bits per heavy atom. The number of carbonyl (C=O) groups excluding carboxylic acids is 1. The molecule has 5 N–H and O–H groups in total. The quantitative estimate of drug-likeness (QED) is 0.505. The summed E-state index contributed by atoms with van der Waals surface area (Å²) in [6.07, 6.45) is 6.63. The number of rotatable bonds is 5. The number of carbonyl (C=O) groups is 1. The summed E-state index contributed by atoms with van der Waals surface area (Å²) in [6.45, 7) is 8.96. The van der Waals surface area contributed by atoms with Crippen LogP contribution in [0.4, 0.5) is 0 Å². The van der Waals surface area contributed by atoms with Gasteiger partial charge in [-0.2, -0.15) is 0 Å². The highest BCUT2D eigenvalue weighted by atomic mass is 16.7. The average molecular weight is 457 g/mol. The molecule has 0 radical (unpaired) electrons. The van der Waals surface area contributed by atoms with Crippen molar-refractivity contribution in [1.29, 1.82) is 0 Å². The largest absolute Gasteiger partial charge is 0.389 e. The van der Waals surface area contributed by atoms with Crippen LogP contribution < -0.4 is 11.1 Å². The van der Waals surface area contributed by atoms with Gasteiger partial charge in [0.2, 0.25) is 5.91 Å². The van der Waals surface area contributed by atoms with E-state index in [1.807, 2.05) is 0 Å². The molecule has 7 nitrogen and oxygen atoms in total. The first kappa shape index (κ1) is 27.5. The molecule has 2 heterocycles. The van der Waals surface area contributed by atoms with E-state index in [4.69, 9.17) is 15.2 Å². The third-order valence-corrected chi connectivity index (χ3v) is 7.77. The van der Waals surface area contributed by atoms with Gasteiger partial charge in [-0.3, -0.25) is 4.79 Å². The van der Waals surface area contributed by atoms with Crippen molar-refractivity contribution < 1.29 is 24.5 Å². The summed E-state index contributed by atoms with van der Waals surface area (Å²) in [6, 6.07) is -0.785. The van der Waals surface area contributed by atoms with Crippen LogP contribution in [0.3, 0.4) is 0 Å². The van der Waals surface area contributed by atoms with Crippen LogP contribution in [0.5, 0.6) is 0 Å². The first-order valence-corrected chi connectivity index (χ1v) is 13.0. The monoisotopic (exact) mass is 456 g/mol. The van der Waals surface area contributed by atoms with Crippen molar-refractivity contribution in [3.63, 3.8) is 0 Å². The van der Waals surface area contributed by atoms with Gasteiger partial charge in [0.15, 0.2) is 6.29 Å². The molecular formula is C25H48N2O5. The Labute approximate surface area is 194 Å². The van der Waals surface area contributed by atoms with E-state index in [1.54, 1.807) is 6.92 Å². The standard InChI is InChI=1S/C25H48N2O5/c1-5-17-10-8-11-19(7-3)24(30)27-15-9-12-18(6-2)20(14-13-17)32-25-23(29)21(26)22(28)16(4)31-25/h16-23,25,28-29H,5-15,26H2,1-4H3,(H,27,30)/t16-,17+,18+,19-,20+,21+,22-,23+,25-/m0/s1. The van der Waals surface area contributed by atoms with Gasteiger partial charge < -0.3 is 30.7 Å². The average Bonchev–Trinajstić information content (AvgIpc) is 2.79. The zero-order chi connectivity index (χ0) is 23.7. The third kappa shape index (κ3) is 7.66. The molecule has 188 valence electrons. The zero-order valence-electron chi connectivity index (χ0n) is 20.7. The molecule has 0 aliphatic carbocycles. The summed E-state index contributed by atoms with van der Waals surface area (Å²) in [5.41, 5.74) is 6.03. The number of hydrogen-bond acceptors (Lipinski definition) is 6. The van der Waals surface area contributed by atoms with Gasteiger partial charge >= 0.3 is 0 Å². The highest BCUT2D eigenvalue weighted by molar-refractivity contribution is 5.78. The van der Waals surface area contributed by atoms with Crippen LogP contribution in [0.2, 0.25) is 0 Å². The fourth-order valence-corrected chi connectivity index (χ4v) is 5.27. The van der Waals surface area contributed by atoms with E-state index in [0.29, 0.717) is 18.4 Å². The van der Waals surface area contributed by atoms with Crippen molar-refractivity contribution in [2.75, 3.05) is 6.54 Å². The predicted octanol–water partition coefficient (Wildman–Crippen LogP) is 3.10. The lowest BCUT2D eigenvalue weighted by atomic mass is 9.85. The molecule has 2 fully saturated rings. The molecule has 1 amide bonds. The molecular weight excluding hydrogens is 408 g/mol. The molecule has 0 spiro atoms. The van der Waals surface area contributed by atoms with E-state index in [1.165, 1.54) is 0 Å². The second-order valence-corrected chi connectivity index (χ2v) is 9.93. The van der Waals surface area contributed by atoms with E-state index in [9.17, 15) is 15.0 Å². The number of amides is 1. The lowest BCUT2D eigenvalue weighted by Gasteiger charge is -2.42. The number of hydrogen-bond donors (Lipinski definition) is 4. The van der Waals surface area contributed by atoms with Gasteiger partial charge in [0.05, 0.1) is 24.4 Å². The Hall–Kier alpha value is -0.730. The molecule has 0 aromatic heterocycles. The van der Waals surface area contributed by atoms with Gasteiger partial charge in [0, 0.05) is 12.5 Å². The molecule has 7 heteroatoms. The van der Waals surface area contributed by atoms with Crippen molar-refractivity contribution >= 4 is 5.91 Å². The molecule has 2 aliphatic heterocycles. The molecule has 2 aliphatic rings. The Morgan fingerprint density at radius 3 is 2.41 bits per heavy atom. The van der Waals surface area contributed by atoms with Gasteiger partial charge in [0.25, 0.3) is 0 Å². The smallest absolute Gasteiger partial charge is 0.223 e. The molecule has 32 heavy (non-hydrogen) atoms. The summed E-state index contributed by atoms with van der Waals surface area (Å²) in [5, 5.41) is 23.8. The minimum absolute atomic E-state index is 0.0506. The Kier molecular flexibility index (Phi) is 11.9. The molecule has 9 atom stereocenters. The molecule has 2 saturated heterocycles. The maximum atomic E-state index is 12.6. The van der Waals surface area contributed by atoms with Gasteiger partial charge in [0.1, 0.15) is 6.10 Å². The summed E-state index contributed by atoms with van der Waals surface area (Å²) >= 11 is 0. The lowest BCUT2D eigenvalue weighted by molar-refractivity contribution is -0.286. The van der Waals surface area contributed by atoms with Crippen LogP contribution >= 0.6 is 0 Å². The van der Waals surface area contributed by atoms with Gasteiger partial charge in [-0.1, -0.05) is 46.5 Å². The van der Waals surface area contributed by atoms with Crippen LogP contribution in [0.15, 0.2) is 0 Å². The summed E-state index contributed by atoms with van der Waals surface area (Å²) in [7, 11) is 0. The van der Waals surface area contributed by atoms with E-state index in [-0.39, 0.29) is 17.9 Å². The molecule has 0 aromatic rings. The number of nitrogens with two attached hydrogens (primary N) is 1. The third-order valence-electron chi connectivity index (χ3n) is 7.77. The van der Waals surface area contributed by atoms with E-state index in [0.717, 1.165) is 64.2 Å². The van der Waals surface area contributed by atoms with Crippen LogP contribution in [0.1, 0.15) is 91.9 Å². The summed E-state index contributed by atoms with van der Waals surface area (Å²) in [5.74, 6) is 1.23. The maximum absolute atomic E-state index is 12.6. The van der Waals surface area contributed by atoms with Crippen molar-refractivity contribution in [3.05, 3.63) is 0 Å². The number of aliphatic hydroxyl groups excluding tert-OH is 2.